The highest BCUT2D eigenvalue weighted by Gasteiger charge is 2.06. The van der Waals surface area contributed by atoms with Crippen LogP contribution in [0.3, 0.4) is 0 Å². The molecule has 9 heteroatoms. The van der Waals surface area contributed by atoms with Gasteiger partial charge in [0, 0.05) is 50.7 Å². The van der Waals surface area contributed by atoms with Gasteiger partial charge in [-0.25, -0.2) is 10.9 Å². The summed E-state index contributed by atoms with van der Waals surface area (Å²) in [5.74, 6) is -0.0540. The minimum absolute atomic E-state index is 0.317. The molecule has 0 unspecified atom stereocenters. The molecule has 0 atom stereocenters. The van der Waals surface area contributed by atoms with Gasteiger partial charge >= 0.3 is 0 Å². The summed E-state index contributed by atoms with van der Waals surface area (Å²) in [5, 5.41) is 8.10. The number of rotatable bonds is 9. The molecule has 0 fully saturated rings. The van der Waals surface area contributed by atoms with Gasteiger partial charge in [0.15, 0.2) is 0 Å². The van der Waals surface area contributed by atoms with Crippen LogP contribution in [0, 0.1) is 0 Å². The largest absolute Gasteiger partial charge is 0.497 e. The van der Waals surface area contributed by atoms with E-state index in [1.807, 2.05) is 62.3 Å². The van der Waals surface area contributed by atoms with E-state index in [-0.39, 0.29) is 11.8 Å². The van der Waals surface area contributed by atoms with Crippen molar-refractivity contribution >= 4 is 35.6 Å². The Morgan fingerprint density at radius 1 is 0.694 bits per heavy atom. The molecule has 0 aliphatic rings. The van der Waals surface area contributed by atoms with Crippen LogP contribution < -0.4 is 25.4 Å². The standard InChI is InChI=1S/C27H30N6O3/c1-32(2)23-10-6-21(7-11-23)26(34)30-28-17-19-14-20(16-25(15-19)36-5)18-29-31-27(35)22-8-12-24(13-9-22)33(3)4/h6-18H,1-5H3,(H,30,34)(H,31,35)/b28-17+,29-18+. The zero-order chi connectivity index (χ0) is 26.1. The third kappa shape index (κ3) is 7.17. The van der Waals surface area contributed by atoms with Gasteiger partial charge in [-0.2, -0.15) is 10.2 Å². The van der Waals surface area contributed by atoms with Crippen LogP contribution in [0.25, 0.3) is 0 Å². The lowest BCUT2D eigenvalue weighted by Gasteiger charge is -2.12. The molecular formula is C27H30N6O3. The Kier molecular flexibility index (Phi) is 8.77. The fourth-order valence-electron chi connectivity index (χ4n) is 3.19. The van der Waals surface area contributed by atoms with E-state index in [1.54, 1.807) is 49.6 Å². The lowest BCUT2D eigenvalue weighted by molar-refractivity contribution is 0.0947. The third-order valence-electron chi connectivity index (χ3n) is 5.24. The van der Waals surface area contributed by atoms with E-state index < -0.39 is 0 Å². The molecule has 186 valence electrons. The normalized spacial score (nSPS) is 10.9. The van der Waals surface area contributed by atoms with Crippen LogP contribution in [0.2, 0.25) is 0 Å². The van der Waals surface area contributed by atoms with Crippen molar-refractivity contribution in [2.24, 2.45) is 10.2 Å². The van der Waals surface area contributed by atoms with E-state index in [2.05, 4.69) is 21.1 Å². The number of hydrogen-bond donors (Lipinski definition) is 2. The summed E-state index contributed by atoms with van der Waals surface area (Å²) in [7, 11) is 9.29. The van der Waals surface area contributed by atoms with E-state index in [0.29, 0.717) is 28.0 Å². The maximum atomic E-state index is 12.4. The predicted molar refractivity (Wildman–Crippen MR) is 145 cm³/mol. The van der Waals surface area contributed by atoms with Gasteiger partial charge in [-0.15, -0.1) is 0 Å². The van der Waals surface area contributed by atoms with Gasteiger partial charge in [-0.05, 0) is 77.9 Å². The first-order chi connectivity index (χ1) is 17.3. The van der Waals surface area contributed by atoms with Crippen LogP contribution in [-0.2, 0) is 0 Å². The Morgan fingerprint density at radius 3 is 1.42 bits per heavy atom. The van der Waals surface area contributed by atoms with Crippen molar-refractivity contribution in [1.29, 1.82) is 0 Å². The molecule has 36 heavy (non-hydrogen) atoms. The van der Waals surface area contributed by atoms with Gasteiger partial charge in [0.1, 0.15) is 5.75 Å². The Morgan fingerprint density at radius 2 is 1.08 bits per heavy atom. The third-order valence-corrected chi connectivity index (χ3v) is 5.24. The first-order valence-corrected chi connectivity index (χ1v) is 11.2. The second-order valence-electron chi connectivity index (χ2n) is 8.32. The molecule has 0 aliphatic carbocycles. The summed E-state index contributed by atoms with van der Waals surface area (Å²) in [6.45, 7) is 0. The summed E-state index contributed by atoms with van der Waals surface area (Å²) in [6.07, 6.45) is 3.02. The SMILES string of the molecule is COc1cc(/C=N/NC(=O)c2ccc(N(C)C)cc2)cc(/C=N/NC(=O)c2ccc(N(C)C)cc2)c1. The fraction of sp³-hybridized carbons (Fsp3) is 0.185. The van der Waals surface area contributed by atoms with Crippen LogP contribution in [0.1, 0.15) is 31.8 Å². The van der Waals surface area contributed by atoms with Gasteiger partial charge in [-0.1, -0.05) is 0 Å². The number of amides is 2. The summed E-state index contributed by atoms with van der Waals surface area (Å²) >= 11 is 0. The maximum Gasteiger partial charge on any atom is 0.271 e. The molecule has 0 aliphatic heterocycles. The number of carbonyl (C=O) groups is 2. The summed E-state index contributed by atoms with van der Waals surface area (Å²) in [5.41, 5.74) is 9.42. The lowest BCUT2D eigenvalue weighted by atomic mass is 10.1. The van der Waals surface area contributed by atoms with E-state index >= 15 is 0 Å². The zero-order valence-electron chi connectivity index (χ0n) is 21.0. The Hall–Kier alpha value is -4.66. The minimum Gasteiger partial charge on any atom is -0.497 e. The minimum atomic E-state index is -0.317. The average Bonchev–Trinajstić information content (AvgIpc) is 2.88. The molecule has 3 aromatic rings. The number of hydrazone groups is 2. The molecule has 3 rings (SSSR count). The highest BCUT2D eigenvalue weighted by molar-refractivity contribution is 5.96. The van der Waals surface area contributed by atoms with Crippen molar-refractivity contribution in [1.82, 2.24) is 10.9 Å². The van der Waals surface area contributed by atoms with Gasteiger partial charge in [0.25, 0.3) is 11.8 Å². The molecule has 0 saturated heterocycles. The molecule has 0 saturated carbocycles. The van der Waals surface area contributed by atoms with E-state index in [9.17, 15) is 9.59 Å². The molecule has 0 heterocycles. The number of methoxy groups -OCH3 is 1. The van der Waals surface area contributed by atoms with Gasteiger partial charge < -0.3 is 14.5 Å². The number of benzene rings is 3. The fourth-order valence-corrected chi connectivity index (χ4v) is 3.19. The Bertz CT molecular complexity index is 1160. The van der Waals surface area contributed by atoms with Gasteiger partial charge in [0.2, 0.25) is 0 Å². The average molecular weight is 487 g/mol. The molecule has 2 N–H and O–H groups in total. The summed E-state index contributed by atoms with van der Waals surface area (Å²) < 4.78 is 5.34. The molecule has 0 bridgehead atoms. The van der Waals surface area contributed by atoms with E-state index in [0.717, 1.165) is 11.4 Å². The van der Waals surface area contributed by atoms with Crippen LogP contribution in [0.4, 0.5) is 11.4 Å². The Balaban J connectivity index is 1.63. The molecule has 9 nitrogen and oxygen atoms in total. The zero-order valence-corrected chi connectivity index (χ0v) is 21.0. The van der Waals surface area contributed by atoms with Crippen LogP contribution >= 0.6 is 0 Å². The van der Waals surface area contributed by atoms with Crippen molar-refractivity contribution in [2.45, 2.75) is 0 Å². The summed E-state index contributed by atoms with van der Waals surface area (Å²) in [6, 6.07) is 19.8. The molecular weight excluding hydrogens is 456 g/mol. The van der Waals surface area contributed by atoms with E-state index in [4.69, 9.17) is 4.74 Å². The van der Waals surface area contributed by atoms with Crippen molar-refractivity contribution in [3.05, 3.63) is 89.0 Å². The quantitative estimate of drug-likeness (QED) is 0.357. The highest BCUT2D eigenvalue weighted by atomic mass is 16.5. The summed E-state index contributed by atoms with van der Waals surface area (Å²) in [4.78, 5) is 28.6. The predicted octanol–water partition coefficient (Wildman–Crippen LogP) is 3.36. The highest BCUT2D eigenvalue weighted by Crippen LogP contribution is 2.16. The van der Waals surface area contributed by atoms with Crippen molar-refractivity contribution in [3.63, 3.8) is 0 Å². The van der Waals surface area contributed by atoms with Crippen molar-refractivity contribution < 1.29 is 14.3 Å². The number of carbonyl (C=O) groups excluding carboxylic acids is 2. The van der Waals surface area contributed by atoms with Crippen molar-refractivity contribution in [2.75, 3.05) is 45.1 Å². The first-order valence-electron chi connectivity index (χ1n) is 11.2. The molecule has 0 aromatic heterocycles. The molecule has 3 aromatic carbocycles. The number of anilines is 2. The second kappa shape index (κ2) is 12.2. The monoisotopic (exact) mass is 486 g/mol. The number of ether oxygens (including phenoxy) is 1. The second-order valence-corrected chi connectivity index (χ2v) is 8.32. The van der Waals surface area contributed by atoms with E-state index in [1.165, 1.54) is 12.4 Å². The van der Waals surface area contributed by atoms with Crippen molar-refractivity contribution in [3.8, 4) is 5.75 Å². The first kappa shape index (κ1) is 26.0. The molecule has 0 radical (unpaired) electrons. The number of nitrogens with zero attached hydrogens (tertiary/aromatic N) is 4. The van der Waals surface area contributed by atoms with Crippen LogP contribution in [0.15, 0.2) is 76.9 Å². The van der Waals surface area contributed by atoms with Gasteiger partial charge in [0.05, 0.1) is 19.5 Å². The maximum absolute atomic E-state index is 12.4. The van der Waals surface area contributed by atoms with Crippen LogP contribution in [0.5, 0.6) is 5.75 Å². The lowest BCUT2D eigenvalue weighted by Crippen LogP contribution is -2.18. The molecule has 2 amide bonds. The van der Waals surface area contributed by atoms with Crippen LogP contribution in [-0.4, -0.2) is 59.5 Å². The molecule has 0 spiro atoms. The number of nitrogens with one attached hydrogen (secondary N) is 2. The topological polar surface area (TPSA) is 98.6 Å². The number of hydrogen-bond acceptors (Lipinski definition) is 7. The smallest absolute Gasteiger partial charge is 0.271 e. The van der Waals surface area contributed by atoms with Gasteiger partial charge in [-0.3, -0.25) is 9.59 Å². The Labute approximate surface area is 211 Å².